The standard InChI is InChI=1S/C15H22OS/c1-15(2)9-7-12(8-10-15)14(16)6-5-13-4-3-11-17-13/h3-4,11-12H,5-10H2,1-2H3. The number of carbonyl (C=O) groups excluding carboxylic acids is 1. The van der Waals surface area contributed by atoms with E-state index in [1.807, 2.05) is 0 Å². The van der Waals surface area contributed by atoms with Gasteiger partial charge in [0.15, 0.2) is 0 Å². The van der Waals surface area contributed by atoms with Crippen molar-refractivity contribution in [1.82, 2.24) is 0 Å². The molecule has 0 spiro atoms. The summed E-state index contributed by atoms with van der Waals surface area (Å²) in [6, 6.07) is 4.19. The number of thiophene rings is 1. The van der Waals surface area contributed by atoms with Crippen LogP contribution in [0.15, 0.2) is 17.5 Å². The van der Waals surface area contributed by atoms with Crippen molar-refractivity contribution in [3.8, 4) is 0 Å². The van der Waals surface area contributed by atoms with E-state index in [4.69, 9.17) is 0 Å². The predicted octanol–water partition coefficient (Wildman–Crippen LogP) is 4.47. The van der Waals surface area contributed by atoms with Crippen molar-refractivity contribution in [1.29, 1.82) is 0 Å². The summed E-state index contributed by atoms with van der Waals surface area (Å²) >= 11 is 1.76. The highest BCUT2D eigenvalue weighted by Gasteiger charge is 2.29. The summed E-state index contributed by atoms with van der Waals surface area (Å²) in [6.07, 6.45) is 6.32. The lowest BCUT2D eigenvalue weighted by Gasteiger charge is -2.33. The lowest BCUT2D eigenvalue weighted by Crippen LogP contribution is -2.26. The van der Waals surface area contributed by atoms with E-state index in [0.717, 1.165) is 25.7 Å². The van der Waals surface area contributed by atoms with Crippen molar-refractivity contribution in [2.45, 2.75) is 52.4 Å². The average molecular weight is 250 g/mol. The first-order chi connectivity index (χ1) is 8.07. The van der Waals surface area contributed by atoms with E-state index in [2.05, 4.69) is 31.4 Å². The molecular formula is C15H22OS. The highest BCUT2D eigenvalue weighted by molar-refractivity contribution is 7.09. The molecule has 1 saturated carbocycles. The number of Topliss-reactive ketones (excluding diaryl/α,β-unsaturated/α-hetero) is 1. The number of hydrogen-bond donors (Lipinski definition) is 0. The Bertz CT molecular complexity index is 354. The van der Waals surface area contributed by atoms with Crippen LogP contribution < -0.4 is 0 Å². The third-order valence-electron chi connectivity index (χ3n) is 3.99. The van der Waals surface area contributed by atoms with Gasteiger partial charge in [0.2, 0.25) is 0 Å². The number of rotatable bonds is 4. The third kappa shape index (κ3) is 3.67. The SMILES string of the molecule is CC1(C)CCC(C(=O)CCc2cccs2)CC1. The molecule has 94 valence electrons. The summed E-state index contributed by atoms with van der Waals surface area (Å²) < 4.78 is 0. The molecule has 1 heterocycles. The van der Waals surface area contributed by atoms with Crippen molar-refractivity contribution < 1.29 is 4.79 Å². The van der Waals surface area contributed by atoms with Gasteiger partial charge in [-0.25, -0.2) is 0 Å². The first kappa shape index (κ1) is 12.8. The normalized spacial score (nSPS) is 20.4. The molecule has 0 aromatic carbocycles. The van der Waals surface area contributed by atoms with Crippen LogP contribution in [-0.2, 0) is 11.2 Å². The first-order valence-electron chi connectivity index (χ1n) is 6.62. The Kier molecular flexibility index (Phi) is 4.03. The molecule has 1 aliphatic rings. The maximum absolute atomic E-state index is 12.1. The highest BCUT2D eigenvalue weighted by atomic mass is 32.1. The summed E-state index contributed by atoms with van der Waals surface area (Å²) in [5, 5.41) is 2.09. The Balaban J connectivity index is 1.77. The van der Waals surface area contributed by atoms with Crippen LogP contribution in [0.5, 0.6) is 0 Å². The third-order valence-corrected chi connectivity index (χ3v) is 4.93. The molecule has 1 aliphatic carbocycles. The van der Waals surface area contributed by atoms with Crippen LogP contribution >= 0.6 is 11.3 Å². The molecule has 0 radical (unpaired) electrons. The highest BCUT2D eigenvalue weighted by Crippen LogP contribution is 2.38. The lowest BCUT2D eigenvalue weighted by atomic mass is 9.71. The van der Waals surface area contributed by atoms with Crippen molar-refractivity contribution in [3.05, 3.63) is 22.4 Å². The summed E-state index contributed by atoms with van der Waals surface area (Å²) in [5.41, 5.74) is 0.463. The predicted molar refractivity (Wildman–Crippen MR) is 73.4 cm³/mol. The zero-order valence-corrected chi connectivity index (χ0v) is 11.7. The fourth-order valence-electron chi connectivity index (χ4n) is 2.63. The van der Waals surface area contributed by atoms with Gasteiger partial charge < -0.3 is 0 Å². The van der Waals surface area contributed by atoms with Gasteiger partial charge in [0.25, 0.3) is 0 Å². The molecular weight excluding hydrogens is 228 g/mol. The Morgan fingerprint density at radius 3 is 2.71 bits per heavy atom. The molecule has 2 rings (SSSR count). The van der Waals surface area contributed by atoms with E-state index in [-0.39, 0.29) is 0 Å². The summed E-state index contributed by atoms with van der Waals surface area (Å²) in [7, 11) is 0. The van der Waals surface area contributed by atoms with Gasteiger partial charge in [-0.2, -0.15) is 0 Å². The minimum Gasteiger partial charge on any atom is -0.299 e. The van der Waals surface area contributed by atoms with E-state index < -0.39 is 0 Å². The topological polar surface area (TPSA) is 17.1 Å². The summed E-state index contributed by atoms with van der Waals surface area (Å²) in [5.74, 6) is 0.844. The molecule has 1 aromatic heterocycles. The van der Waals surface area contributed by atoms with Gasteiger partial charge in [0, 0.05) is 17.2 Å². The van der Waals surface area contributed by atoms with Crippen LogP contribution in [0.25, 0.3) is 0 Å². The molecule has 0 aliphatic heterocycles. The maximum atomic E-state index is 12.1. The van der Waals surface area contributed by atoms with Gasteiger partial charge in [-0.05, 0) is 49.0 Å². The zero-order chi connectivity index (χ0) is 12.3. The van der Waals surface area contributed by atoms with Crippen LogP contribution in [0.2, 0.25) is 0 Å². The second-order valence-electron chi connectivity index (χ2n) is 5.98. The maximum Gasteiger partial charge on any atom is 0.136 e. The molecule has 0 saturated heterocycles. The van der Waals surface area contributed by atoms with E-state index in [9.17, 15) is 4.79 Å². The van der Waals surface area contributed by atoms with Crippen molar-refractivity contribution in [2.75, 3.05) is 0 Å². The van der Waals surface area contributed by atoms with E-state index >= 15 is 0 Å². The minimum atomic E-state index is 0.350. The van der Waals surface area contributed by atoms with Crippen LogP contribution in [0, 0.1) is 11.3 Å². The Morgan fingerprint density at radius 1 is 1.41 bits per heavy atom. The molecule has 0 unspecified atom stereocenters. The lowest BCUT2D eigenvalue weighted by molar-refractivity contribution is -0.124. The first-order valence-corrected chi connectivity index (χ1v) is 7.50. The van der Waals surface area contributed by atoms with Crippen LogP contribution in [0.3, 0.4) is 0 Å². The van der Waals surface area contributed by atoms with Crippen LogP contribution in [0.1, 0.15) is 50.8 Å². The molecule has 0 amide bonds. The Morgan fingerprint density at radius 2 is 2.12 bits per heavy atom. The summed E-state index contributed by atoms with van der Waals surface area (Å²) in [6.45, 7) is 4.64. The van der Waals surface area contributed by atoms with E-state index in [1.54, 1.807) is 11.3 Å². The van der Waals surface area contributed by atoms with Crippen LogP contribution in [0.4, 0.5) is 0 Å². The number of ketones is 1. The second-order valence-corrected chi connectivity index (χ2v) is 7.02. The fraction of sp³-hybridized carbons (Fsp3) is 0.667. The summed E-state index contributed by atoms with van der Waals surface area (Å²) in [4.78, 5) is 13.5. The minimum absolute atomic E-state index is 0.350. The number of hydrogen-bond acceptors (Lipinski definition) is 2. The molecule has 0 bridgehead atoms. The quantitative estimate of drug-likeness (QED) is 0.770. The van der Waals surface area contributed by atoms with E-state index in [1.165, 1.54) is 17.7 Å². The van der Waals surface area contributed by atoms with Crippen molar-refractivity contribution in [3.63, 3.8) is 0 Å². The van der Waals surface area contributed by atoms with Gasteiger partial charge in [-0.15, -0.1) is 11.3 Å². The molecule has 17 heavy (non-hydrogen) atoms. The molecule has 0 atom stereocenters. The largest absolute Gasteiger partial charge is 0.299 e. The second kappa shape index (κ2) is 5.34. The Labute approximate surface area is 108 Å². The monoisotopic (exact) mass is 250 g/mol. The van der Waals surface area contributed by atoms with Gasteiger partial charge in [-0.3, -0.25) is 4.79 Å². The molecule has 0 N–H and O–H groups in total. The molecule has 2 heteroatoms. The van der Waals surface area contributed by atoms with Crippen molar-refractivity contribution >= 4 is 17.1 Å². The zero-order valence-electron chi connectivity index (χ0n) is 10.9. The smallest absolute Gasteiger partial charge is 0.136 e. The average Bonchev–Trinajstić information content (AvgIpc) is 2.78. The fourth-order valence-corrected chi connectivity index (χ4v) is 3.34. The molecule has 1 fully saturated rings. The number of carbonyl (C=O) groups is 1. The Hall–Kier alpha value is -0.630. The van der Waals surface area contributed by atoms with Gasteiger partial charge in [-0.1, -0.05) is 19.9 Å². The number of aryl methyl sites for hydroxylation is 1. The molecule has 1 nitrogen and oxygen atoms in total. The molecule has 1 aromatic rings. The van der Waals surface area contributed by atoms with E-state index in [0.29, 0.717) is 17.1 Å². The van der Waals surface area contributed by atoms with Gasteiger partial charge >= 0.3 is 0 Å². The van der Waals surface area contributed by atoms with Crippen LogP contribution in [-0.4, -0.2) is 5.78 Å². The van der Waals surface area contributed by atoms with Crippen molar-refractivity contribution in [2.24, 2.45) is 11.3 Å². The van der Waals surface area contributed by atoms with Gasteiger partial charge in [0.1, 0.15) is 5.78 Å². The van der Waals surface area contributed by atoms with Gasteiger partial charge in [0.05, 0.1) is 0 Å².